The van der Waals surface area contributed by atoms with Gasteiger partial charge in [0.1, 0.15) is 17.1 Å². The van der Waals surface area contributed by atoms with E-state index in [1.807, 2.05) is 0 Å². The number of hydrogen-bond acceptors (Lipinski definition) is 5. The first kappa shape index (κ1) is 21.7. The van der Waals surface area contributed by atoms with E-state index >= 15 is 0 Å². The molecule has 0 amide bonds. The molecular formula is C21H17F3N4O3S. The Balaban J connectivity index is 1.84. The largest absolute Gasteiger partial charge is 0.457 e. The second kappa shape index (κ2) is 7.84. The molecule has 0 atom stereocenters. The first-order valence-electron chi connectivity index (χ1n) is 9.24. The van der Waals surface area contributed by atoms with Crippen LogP contribution in [0, 0.1) is 0 Å². The van der Waals surface area contributed by atoms with Crippen LogP contribution in [0.2, 0.25) is 0 Å². The van der Waals surface area contributed by atoms with E-state index in [-0.39, 0.29) is 16.4 Å². The summed E-state index contributed by atoms with van der Waals surface area (Å²) in [6.45, 7) is 0. The molecule has 0 saturated heterocycles. The van der Waals surface area contributed by atoms with Gasteiger partial charge in [-0.3, -0.25) is 4.40 Å². The monoisotopic (exact) mass is 462 g/mol. The van der Waals surface area contributed by atoms with Crippen molar-refractivity contribution in [1.82, 2.24) is 14.1 Å². The highest BCUT2D eigenvalue weighted by atomic mass is 32.2. The van der Waals surface area contributed by atoms with Crippen LogP contribution in [0.15, 0.2) is 71.9 Å². The molecule has 4 rings (SSSR count). The van der Waals surface area contributed by atoms with Gasteiger partial charge in [-0.2, -0.15) is 13.2 Å². The first-order valence-corrected chi connectivity index (χ1v) is 10.7. The Hall–Kier alpha value is -3.57. The summed E-state index contributed by atoms with van der Waals surface area (Å²) < 4.78 is 73.0. The van der Waals surface area contributed by atoms with Crippen LogP contribution in [-0.2, 0) is 16.2 Å². The maximum atomic E-state index is 12.8. The van der Waals surface area contributed by atoms with Gasteiger partial charge in [-0.05, 0) is 61.6 Å². The van der Waals surface area contributed by atoms with Crippen molar-refractivity contribution in [3.05, 3.63) is 72.6 Å². The van der Waals surface area contributed by atoms with E-state index < -0.39 is 21.8 Å². The predicted molar refractivity (Wildman–Crippen MR) is 113 cm³/mol. The van der Waals surface area contributed by atoms with E-state index in [4.69, 9.17) is 10.5 Å². The van der Waals surface area contributed by atoms with Gasteiger partial charge in [0.15, 0.2) is 0 Å². The van der Waals surface area contributed by atoms with Gasteiger partial charge in [-0.15, -0.1) is 0 Å². The highest BCUT2D eigenvalue weighted by Gasteiger charge is 2.30. The molecule has 166 valence electrons. The molecule has 2 heterocycles. The summed E-state index contributed by atoms with van der Waals surface area (Å²) in [4.78, 5) is 4.28. The number of fused-ring (bicyclic) bond motifs is 1. The number of rotatable bonds is 5. The molecule has 3 N–H and O–H groups in total. The fourth-order valence-electron chi connectivity index (χ4n) is 3.12. The van der Waals surface area contributed by atoms with Gasteiger partial charge >= 0.3 is 6.18 Å². The van der Waals surface area contributed by atoms with E-state index in [1.54, 1.807) is 22.7 Å². The summed E-state index contributed by atoms with van der Waals surface area (Å²) in [6.07, 6.45) is -1.32. The zero-order chi connectivity index (χ0) is 23.1. The Morgan fingerprint density at radius 3 is 2.44 bits per heavy atom. The quantitative estimate of drug-likeness (QED) is 0.461. The Morgan fingerprint density at radius 1 is 1.06 bits per heavy atom. The van der Waals surface area contributed by atoms with E-state index in [9.17, 15) is 21.6 Å². The summed E-state index contributed by atoms with van der Waals surface area (Å²) in [7, 11) is -2.48. The third kappa shape index (κ3) is 4.12. The van der Waals surface area contributed by atoms with Crippen molar-refractivity contribution >= 4 is 21.4 Å². The second-order valence-corrected chi connectivity index (χ2v) is 8.71. The highest BCUT2D eigenvalue weighted by Crippen LogP contribution is 2.37. The fraction of sp³-hybridized carbons (Fsp3) is 0.0952. The predicted octanol–water partition coefficient (Wildman–Crippen LogP) is 4.30. The zero-order valence-electron chi connectivity index (χ0n) is 16.6. The normalized spacial score (nSPS) is 12.2. The molecule has 2 aromatic heterocycles. The minimum Gasteiger partial charge on any atom is -0.457 e. The minimum absolute atomic E-state index is 0.0198. The van der Waals surface area contributed by atoms with E-state index in [0.717, 1.165) is 12.1 Å². The van der Waals surface area contributed by atoms with Crippen LogP contribution in [-0.4, -0.2) is 24.9 Å². The average Bonchev–Trinajstić information content (AvgIpc) is 3.16. The number of nitrogens with one attached hydrogen (secondary N) is 1. The lowest BCUT2D eigenvalue weighted by Gasteiger charge is -2.14. The van der Waals surface area contributed by atoms with Gasteiger partial charge < -0.3 is 10.5 Å². The summed E-state index contributed by atoms with van der Waals surface area (Å²) in [6, 6.07) is 11.7. The Morgan fingerprint density at radius 2 is 1.78 bits per heavy atom. The first-order chi connectivity index (χ1) is 15.1. The molecule has 0 unspecified atom stereocenters. The number of anilines is 1. The molecule has 0 aliphatic carbocycles. The van der Waals surface area contributed by atoms with Gasteiger partial charge in [0.05, 0.1) is 22.3 Å². The molecule has 32 heavy (non-hydrogen) atoms. The van der Waals surface area contributed by atoms with Crippen LogP contribution in [0.25, 0.3) is 16.9 Å². The maximum Gasteiger partial charge on any atom is 0.416 e. The number of hydrogen-bond donors (Lipinski definition) is 2. The number of alkyl halides is 3. The number of nitrogens with zero attached hydrogens (tertiary/aromatic N) is 2. The minimum atomic E-state index is -4.47. The van der Waals surface area contributed by atoms with Crippen molar-refractivity contribution in [2.24, 2.45) is 0 Å². The van der Waals surface area contributed by atoms with Gasteiger partial charge in [0.25, 0.3) is 0 Å². The number of sulfonamides is 1. The number of pyridine rings is 1. The SMILES string of the molecule is CNS(=O)(=O)c1ccc(Oc2ccc(C(F)(F)F)cc2)c(-c2cnc3ccc(N)cn23)c1. The van der Waals surface area contributed by atoms with Gasteiger partial charge in [-0.25, -0.2) is 18.1 Å². The summed E-state index contributed by atoms with van der Waals surface area (Å²) in [5.74, 6) is 0.376. The molecule has 0 aliphatic rings. The fourth-order valence-corrected chi connectivity index (χ4v) is 3.87. The van der Waals surface area contributed by atoms with Crippen LogP contribution in [0.4, 0.5) is 18.9 Å². The maximum absolute atomic E-state index is 12.8. The van der Waals surface area contributed by atoms with Crippen molar-refractivity contribution in [2.75, 3.05) is 12.8 Å². The molecule has 0 fully saturated rings. The Kier molecular flexibility index (Phi) is 5.31. The number of aromatic nitrogens is 2. The van der Waals surface area contributed by atoms with Gasteiger partial charge in [0, 0.05) is 17.4 Å². The smallest absolute Gasteiger partial charge is 0.416 e. The van der Waals surface area contributed by atoms with Crippen molar-refractivity contribution in [2.45, 2.75) is 11.1 Å². The average molecular weight is 462 g/mol. The van der Waals surface area contributed by atoms with E-state index in [2.05, 4.69) is 9.71 Å². The lowest BCUT2D eigenvalue weighted by atomic mass is 10.1. The Bertz CT molecular complexity index is 1400. The van der Waals surface area contributed by atoms with E-state index in [0.29, 0.717) is 22.6 Å². The zero-order valence-corrected chi connectivity index (χ0v) is 17.4. The molecule has 0 bridgehead atoms. The number of ether oxygens (including phenoxy) is 1. The lowest BCUT2D eigenvalue weighted by molar-refractivity contribution is -0.137. The summed E-state index contributed by atoms with van der Waals surface area (Å²) in [5, 5.41) is 0. The number of imidazole rings is 1. The molecule has 0 radical (unpaired) electrons. The van der Waals surface area contributed by atoms with Crippen LogP contribution < -0.4 is 15.2 Å². The van der Waals surface area contributed by atoms with Crippen molar-refractivity contribution in [1.29, 1.82) is 0 Å². The molecule has 7 nitrogen and oxygen atoms in total. The third-order valence-corrected chi connectivity index (χ3v) is 6.16. The van der Waals surface area contributed by atoms with Crippen LogP contribution in [0.1, 0.15) is 5.56 Å². The topological polar surface area (TPSA) is 98.7 Å². The lowest BCUT2D eigenvalue weighted by Crippen LogP contribution is -2.18. The molecule has 0 aliphatic heterocycles. The standard InChI is InChI=1S/C21H17F3N4O3S/c1-26-32(29,30)16-7-8-19(31-15-5-2-13(3-6-15)21(22,23)24)17(10-16)18-11-27-20-9-4-14(25)12-28(18)20/h2-12,26H,25H2,1H3. The molecule has 0 saturated carbocycles. The Labute approximate surface area is 181 Å². The number of benzene rings is 2. The second-order valence-electron chi connectivity index (χ2n) is 6.82. The third-order valence-electron chi connectivity index (χ3n) is 4.74. The summed E-state index contributed by atoms with van der Waals surface area (Å²) in [5.41, 5.74) is 6.95. The number of nitrogen functional groups attached to an aromatic ring is 1. The van der Waals surface area contributed by atoms with Crippen molar-refractivity contribution < 1.29 is 26.3 Å². The molecule has 2 aromatic carbocycles. The number of nitrogens with two attached hydrogens (primary N) is 1. The van der Waals surface area contributed by atoms with Gasteiger partial charge in [-0.1, -0.05) is 0 Å². The van der Waals surface area contributed by atoms with Crippen molar-refractivity contribution in [3.63, 3.8) is 0 Å². The molecular weight excluding hydrogens is 445 g/mol. The molecule has 11 heteroatoms. The molecule has 0 spiro atoms. The van der Waals surface area contributed by atoms with Crippen LogP contribution >= 0.6 is 0 Å². The molecule has 4 aromatic rings. The summed E-state index contributed by atoms with van der Waals surface area (Å²) >= 11 is 0. The van der Waals surface area contributed by atoms with Crippen LogP contribution in [0.3, 0.4) is 0 Å². The van der Waals surface area contributed by atoms with Crippen molar-refractivity contribution in [3.8, 4) is 22.8 Å². The van der Waals surface area contributed by atoms with E-state index in [1.165, 1.54) is 43.6 Å². The van der Waals surface area contributed by atoms with Gasteiger partial charge in [0.2, 0.25) is 10.0 Å². The number of halogens is 3. The van der Waals surface area contributed by atoms with Crippen LogP contribution in [0.5, 0.6) is 11.5 Å². The highest BCUT2D eigenvalue weighted by molar-refractivity contribution is 7.89.